The quantitative estimate of drug-likeness (QED) is 0.727. The van der Waals surface area contributed by atoms with Crippen LogP contribution in [-0.4, -0.2) is 68.0 Å². The number of aryl methyl sites for hydroxylation is 3. The molecule has 9 heteroatoms. The predicted octanol–water partition coefficient (Wildman–Crippen LogP) is 2.25. The van der Waals surface area contributed by atoms with Crippen LogP contribution in [0.25, 0.3) is 11.0 Å². The van der Waals surface area contributed by atoms with Crippen LogP contribution < -0.4 is 0 Å². The van der Waals surface area contributed by atoms with Crippen molar-refractivity contribution in [1.82, 2.24) is 30.0 Å². The van der Waals surface area contributed by atoms with E-state index >= 15 is 0 Å². The minimum atomic E-state index is -0.166. The van der Waals surface area contributed by atoms with E-state index in [0.717, 1.165) is 29.6 Å². The highest BCUT2D eigenvalue weighted by Gasteiger charge is 2.31. The molecule has 0 bridgehead atoms. The van der Waals surface area contributed by atoms with E-state index in [-0.39, 0.29) is 17.9 Å². The number of likely N-dealkylation sites (N-methyl/N-ethyl adjacent to an activating group) is 1. The van der Waals surface area contributed by atoms with Crippen LogP contribution in [0.2, 0.25) is 0 Å². The lowest BCUT2D eigenvalue weighted by molar-refractivity contribution is 0.0518. The molecule has 0 aliphatic carbocycles. The van der Waals surface area contributed by atoms with Gasteiger partial charge in [-0.1, -0.05) is 0 Å². The van der Waals surface area contributed by atoms with Gasteiger partial charge in [-0.25, -0.2) is 9.97 Å². The van der Waals surface area contributed by atoms with Crippen LogP contribution in [0.4, 0.5) is 0 Å². The SMILES string of the molecule is Cc1cc(C(=O)N(C)C2CCCN(C(=O)c3coc(C)n3)C2)c2c(C)[nH]nc2n1. The lowest BCUT2D eigenvalue weighted by Gasteiger charge is -2.37. The van der Waals surface area contributed by atoms with Crippen LogP contribution in [0, 0.1) is 20.8 Å². The van der Waals surface area contributed by atoms with Gasteiger partial charge in [-0.05, 0) is 32.8 Å². The van der Waals surface area contributed by atoms with Crippen molar-refractivity contribution in [2.24, 2.45) is 0 Å². The number of amides is 2. The first-order valence-electron chi connectivity index (χ1n) is 9.66. The van der Waals surface area contributed by atoms with Gasteiger partial charge in [-0.2, -0.15) is 5.10 Å². The fourth-order valence-corrected chi connectivity index (χ4v) is 3.90. The van der Waals surface area contributed by atoms with E-state index in [1.807, 2.05) is 13.8 Å². The third-order valence-electron chi connectivity index (χ3n) is 5.45. The molecule has 0 saturated carbocycles. The number of nitrogens with zero attached hydrogens (tertiary/aromatic N) is 5. The maximum Gasteiger partial charge on any atom is 0.275 e. The van der Waals surface area contributed by atoms with Crippen LogP contribution in [0.3, 0.4) is 0 Å². The molecule has 29 heavy (non-hydrogen) atoms. The molecule has 152 valence electrons. The van der Waals surface area contributed by atoms with Gasteiger partial charge in [0.1, 0.15) is 6.26 Å². The van der Waals surface area contributed by atoms with Crippen molar-refractivity contribution in [2.45, 2.75) is 39.7 Å². The van der Waals surface area contributed by atoms with Crippen molar-refractivity contribution in [2.75, 3.05) is 20.1 Å². The van der Waals surface area contributed by atoms with Crippen molar-refractivity contribution < 1.29 is 14.0 Å². The largest absolute Gasteiger partial charge is 0.448 e. The predicted molar refractivity (Wildman–Crippen MR) is 106 cm³/mol. The molecular formula is C20H24N6O3. The molecule has 0 radical (unpaired) electrons. The van der Waals surface area contributed by atoms with E-state index in [0.29, 0.717) is 35.9 Å². The highest BCUT2D eigenvalue weighted by Crippen LogP contribution is 2.24. The molecule has 4 rings (SSSR count). The highest BCUT2D eigenvalue weighted by atomic mass is 16.3. The van der Waals surface area contributed by atoms with Crippen molar-refractivity contribution in [3.8, 4) is 0 Å². The lowest BCUT2D eigenvalue weighted by Crippen LogP contribution is -2.50. The number of piperidine rings is 1. The Hall–Kier alpha value is -3.23. The molecule has 3 aromatic rings. The minimum absolute atomic E-state index is 0.0797. The van der Waals surface area contributed by atoms with Crippen molar-refractivity contribution in [3.63, 3.8) is 0 Å². The molecular weight excluding hydrogens is 372 g/mol. The lowest BCUT2D eigenvalue weighted by atomic mass is 10.0. The summed E-state index contributed by atoms with van der Waals surface area (Å²) in [4.78, 5) is 38.1. The number of hydrogen-bond donors (Lipinski definition) is 1. The van der Waals surface area contributed by atoms with E-state index in [1.165, 1.54) is 6.26 Å². The normalized spacial score (nSPS) is 17.0. The molecule has 0 aromatic carbocycles. The Labute approximate surface area is 168 Å². The minimum Gasteiger partial charge on any atom is -0.448 e. The summed E-state index contributed by atoms with van der Waals surface area (Å²) < 4.78 is 5.16. The van der Waals surface area contributed by atoms with Gasteiger partial charge in [0, 0.05) is 44.5 Å². The number of rotatable bonds is 3. The molecule has 1 aliphatic heterocycles. The summed E-state index contributed by atoms with van der Waals surface area (Å²) in [5.74, 6) is 0.198. The highest BCUT2D eigenvalue weighted by molar-refractivity contribution is 6.06. The Bertz CT molecular complexity index is 1090. The van der Waals surface area contributed by atoms with Gasteiger partial charge in [0.2, 0.25) is 0 Å². The summed E-state index contributed by atoms with van der Waals surface area (Å²) in [6.45, 7) is 6.54. The van der Waals surface area contributed by atoms with Gasteiger partial charge in [-0.15, -0.1) is 0 Å². The molecule has 0 spiro atoms. The molecule has 1 atom stereocenters. The molecule has 1 saturated heterocycles. The fourth-order valence-electron chi connectivity index (χ4n) is 3.90. The van der Waals surface area contributed by atoms with Crippen molar-refractivity contribution >= 4 is 22.8 Å². The van der Waals surface area contributed by atoms with Crippen LogP contribution in [-0.2, 0) is 0 Å². The van der Waals surface area contributed by atoms with E-state index in [4.69, 9.17) is 4.42 Å². The Kier molecular flexibility index (Phi) is 4.81. The number of carbonyl (C=O) groups is 2. The molecule has 1 fully saturated rings. The van der Waals surface area contributed by atoms with E-state index in [2.05, 4.69) is 20.2 Å². The molecule has 1 N–H and O–H groups in total. The van der Waals surface area contributed by atoms with Crippen molar-refractivity contribution in [1.29, 1.82) is 0 Å². The summed E-state index contributed by atoms with van der Waals surface area (Å²) >= 11 is 0. The summed E-state index contributed by atoms with van der Waals surface area (Å²) in [6.07, 6.45) is 3.04. The number of H-pyrrole nitrogens is 1. The Morgan fingerprint density at radius 1 is 1.28 bits per heavy atom. The number of carbonyl (C=O) groups excluding carboxylic acids is 2. The number of oxazole rings is 1. The standard InChI is InChI=1S/C20H24N6O3/c1-11-8-15(17-12(2)23-24-18(17)21-11)19(27)25(4)14-6-5-7-26(9-14)20(28)16-10-29-13(3)22-16/h8,10,14H,5-7,9H2,1-4H3,(H,21,23,24). The smallest absolute Gasteiger partial charge is 0.275 e. The van der Waals surface area contributed by atoms with E-state index < -0.39 is 0 Å². The zero-order valence-corrected chi connectivity index (χ0v) is 17.0. The van der Waals surface area contributed by atoms with Crippen LogP contribution in [0.1, 0.15) is 51.0 Å². The number of likely N-dealkylation sites (tertiary alicyclic amines) is 1. The Morgan fingerprint density at radius 3 is 2.79 bits per heavy atom. The maximum atomic E-state index is 13.3. The van der Waals surface area contributed by atoms with Crippen LogP contribution in [0.15, 0.2) is 16.7 Å². The number of fused-ring (bicyclic) bond motifs is 1. The van der Waals surface area contributed by atoms with Crippen molar-refractivity contribution in [3.05, 3.63) is 40.9 Å². The van der Waals surface area contributed by atoms with Crippen LogP contribution >= 0.6 is 0 Å². The van der Waals surface area contributed by atoms with Crippen LogP contribution in [0.5, 0.6) is 0 Å². The molecule has 1 unspecified atom stereocenters. The van der Waals surface area contributed by atoms with E-state index in [1.54, 1.807) is 29.8 Å². The second-order valence-electron chi connectivity index (χ2n) is 7.57. The number of nitrogens with one attached hydrogen (secondary N) is 1. The molecule has 3 aromatic heterocycles. The topological polar surface area (TPSA) is 108 Å². The number of aromatic nitrogens is 4. The number of hydrogen-bond acceptors (Lipinski definition) is 6. The second kappa shape index (κ2) is 7.31. The fraction of sp³-hybridized carbons (Fsp3) is 0.450. The van der Waals surface area contributed by atoms with Gasteiger partial charge in [-0.3, -0.25) is 14.7 Å². The van der Waals surface area contributed by atoms with Gasteiger partial charge in [0.15, 0.2) is 17.2 Å². The average Bonchev–Trinajstić information content (AvgIpc) is 3.31. The summed E-state index contributed by atoms with van der Waals surface area (Å²) in [5, 5.41) is 7.84. The van der Waals surface area contributed by atoms with Gasteiger partial charge in [0.25, 0.3) is 11.8 Å². The molecule has 4 heterocycles. The zero-order valence-electron chi connectivity index (χ0n) is 17.0. The zero-order chi connectivity index (χ0) is 20.7. The summed E-state index contributed by atoms with van der Waals surface area (Å²) in [5.41, 5.74) is 2.98. The third kappa shape index (κ3) is 3.48. The first kappa shape index (κ1) is 19.1. The average molecular weight is 396 g/mol. The molecule has 2 amide bonds. The molecule has 1 aliphatic rings. The Balaban J connectivity index is 1.56. The first-order chi connectivity index (χ1) is 13.8. The third-order valence-corrected chi connectivity index (χ3v) is 5.45. The van der Waals surface area contributed by atoms with Gasteiger partial charge < -0.3 is 14.2 Å². The maximum absolute atomic E-state index is 13.3. The number of pyridine rings is 1. The number of aromatic amines is 1. The Morgan fingerprint density at radius 2 is 2.07 bits per heavy atom. The monoisotopic (exact) mass is 396 g/mol. The van der Waals surface area contributed by atoms with E-state index in [9.17, 15) is 9.59 Å². The summed E-state index contributed by atoms with van der Waals surface area (Å²) in [7, 11) is 1.79. The molecule has 9 nitrogen and oxygen atoms in total. The summed E-state index contributed by atoms with van der Waals surface area (Å²) in [6, 6.07) is 1.72. The van der Waals surface area contributed by atoms with Gasteiger partial charge in [0.05, 0.1) is 10.9 Å². The first-order valence-corrected chi connectivity index (χ1v) is 9.66. The second-order valence-corrected chi connectivity index (χ2v) is 7.57. The van der Waals surface area contributed by atoms with Gasteiger partial charge >= 0.3 is 0 Å².